The van der Waals surface area contributed by atoms with Gasteiger partial charge in [0.2, 0.25) is 5.91 Å². The van der Waals surface area contributed by atoms with Crippen LogP contribution in [0.5, 0.6) is 0 Å². The highest BCUT2D eigenvalue weighted by molar-refractivity contribution is 6.31. The van der Waals surface area contributed by atoms with Gasteiger partial charge in [-0.15, -0.1) is 0 Å². The molecule has 0 aliphatic carbocycles. The zero-order valence-electron chi connectivity index (χ0n) is 12.0. The Kier molecular flexibility index (Phi) is 2.94. The van der Waals surface area contributed by atoms with Gasteiger partial charge in [-0.1, -0.05) is 29.8 Å². The van der Waals surface area contributed by atoms with Gasteiger partial charge in [-0.05, 0) is 29.8 Å². The fourth-order valence-electron chi connectivity index (χ4n) is 3.15. The monoisotopic (exact) mass is 311 g/mol. The molecule has 4 nitrogen and oxygen atoms in total. The van der Waals surface area contributed by atoms with Crippen molar-refractivity contribution in [3.63, 3.8) is 0 Å². The minimum absolute atomic E-state index is 0.0217. The molecule has 1 aromatic heterocycles. The van der Waals surface area contributed by atoms with Crippen molar-refractivity contribution in [3.05, 3.63) is 58.9 Å². The quantitative estimate of drug-likeness (QED) is 0.741. The molecule has 1 N–H and O–H groups in total. The largest absolute Gasteiger partial charge is 0.340 e. The first kappa shape index (κ1) is 13.3. The van der Waals surface area contributed by atoms with Gasteiger partial charge in [0, 0.05) is 24.1 Å². The Labute approximate surface area is 132 Å². The fraction of sp³-hybridized carbons (Fsp3) is 0.176. The zero-order valence-corrected chi connectivity index (χ0v) is 12.8. The van der Waals surface area contributed by atoms with Crippen molar-refractivity contribution < 1.29 is 4.79 Å². The topological polar surface area (TPSA) is 49.0 Å². The minimum Gasteiger partial charge on any atom is -0.340 e. The maximum atomic E-state index is 12.1. The van der Waals surface area contributed by atoms with Gasteiger partial charge in [-0.2, -0.15) is 0 Å². The molecule has 5 heteroatoms. The summed E-state index contributed by atoms with van der Waals surface area (Å²) in [5, 5.41) is 0.667. The number of rotatable bonds is 1. The normalized spacial score (nSPS) is 17.0. The molecule has 2 aromatic carbocycles. The Morgan fingerprint density at radius 3 is 2.95 bits per heavy atom. The number of H-pyrrole nitrogens is 1. The Balaban J connectivity index is 1.82. The third kappa shape index (κ3) is 1.99. The van der Waals surface area contributed by atoms with Gasteiger partial charge >= 0.3 is 0 Å². The molecule has 1 unspecified atom stereocenters. The van der Waals surface area contributed by atoms with E-state index < -0.39 is 0 Å². The van der Waals surface area contributed by atoms with Crippen LogP contribution in [0, 0.1) is 0 Å². The number of carbonyl (C=O) groups excluding carboxylic acids is 1. The maximum Gasteiger partial charge on any atom is 0.224 e. The number of para-hydroxylation sites is 1. The molecular weight excluding hydrogens is 298 g/mol. The van der Waals surface area contributed by atoms with Gasteiger partial charge in [-0.3, -0.25) is 4.79 Å². The molecule has 110 valence electrons. The number of hydrogen-bond acceptors (Lipinski definition) is 2. The number of nitrogens with zero attached hydrogens (tertiary/aromatic N) is 2. The Hall–Kier alpha value is -2.33. The third-order valence-corrected chi connectivity index (χ3v) is 4.33. The van der Waals surface area contributed by atoms with Crippen LogP contribution >= 0.6 is 11.6 Å². The average Bonchev–Trinajstić information content (AvgIpc) is 3.06. The molecule has 1 atom stereocenters. The number of aromatic amines is 1. The first-order chi connectivity index (χ1) is 10.6. The van der Waals surface area contributed by atoms with Crippen LogP contribution in [0.25, 0.3) is 11.0 Å². The van der Waals surface area contributed by atoms with Crippen molar-refractivity contribution >= 4 is 34.2 Å². The van der Waals surface area contributed by atoms with Gasteiger partial charge in [0.05, 0.1) is 17.1 Å². The van der Waals surface area contributed by atoms with Gasteiger partial charge in [0.15, 0.2) is 0 Å². The highest BCUT2D eigenvalue weighted by Crippen LogP contribution is 2.39. The molecule has 1 aliphatic rings. The zero-order chi connectivity index (χ0) is 15.3. The molecule has 0 saturated carbocycles. The van der Waals surface area contributed by atoms with E-state index in [0.29, 0.717) is 5.02 Å². The van der Waals surface area contributed by atoms with Crippen LogP contribution in [0.3, 0.4) is 0 Å². The number of benzene rings is 2. The number of fused-ring (bicyclic) bond motifs is 2. The number of halogens is 1. The van der Waals surface area contributed by atoms with Crippen molar-refractivity contribution in [2.24, 2.45) is 0 Å². The van der Waals surface area contributed by atoms with E-state index in [1.54, 1.807) is 6.92 Å². The molecule has 0 saturated heterocycles. The predicted molar refractivity (Wildman–Crippen MR) is 87.2 cm³/mol. The summed E-state index contributed by atoms with van der Waals surface area (Å²) in [6, 6.07) is 13.5. The summed E-state index contributed by atoms with van der Waals surface area (Å²) >= 11 is 6.03. The lowest BCUT2D eigenvalue weighted by Gasteiger charge is -2.22. The summed E-state index contributed by atoms with van der Waals surface area (Å²) in [7, 11) is 0. The number of anilines is 1. The van der Waals surface area contributed by atoms with Crippen molar-refractivity contribution in [1.82, 2.24) is 9.97 Å². The van der Waals surface area contributed by atoms with Crippen LogP contribution < -0.4 is 4.90 Å². The lowest BCUT2D eigenvalue weighted by molar-refractivity contribution is -0.117. The highest BCUT2D eigenvalue weighted by Gasteiger charge is 2.34. The average molecular weight is 312 g/mol. The van der Waals surface area contributed by atoms with E-state index in [2.05, 4.69) is 16.0 Å². The van der Waals surface area contributed by atoms with Crippen LogP contribution in [-0.4, -0.2) is 15.9 Å². The summed E-state index contributed by atoms with van der Waals surface area (Å²) < 4.78 is 0. The van der Waals surface area contributed by atoms with E-state index in [1.165, 1.54) is 5.56 Å². The minimum atomic E-state index is -0.0962. The standard InChI is InChI=1S/C17H14ClN3O/c1-10(22)21-15-5-3-2-4-11(15)8-16(21)17-19-13-7-6-12(18)9-14(13)20-17/h2-7,9,16H,8H2,1H3,(H,19,20). The molecule has 4 rings (SSSR count). The molecule has 1 aliphatic heterocycles. The van der Waals surface area contributed by atoms with Gasteiger partial charge in [0.1, 0.15) is 5.82 Å². The first-order valence-corrected chi connectivity index (χ1v) is 7.54. The molecule has 0 spiro atoms. The molecular formula is C17H14ClN3O. The van der Waals surface area contributed by atoms with E-state index >= 15 is 0 Å². The van der Waals surface area contributed by atoms with Gasteiger partial charge in [-0.25, -0.2) is 4.98 Å². The second-order valence-corrected chi connectivity index (χ2v) is 5.96. The van der Waals surface area contributed by atoms with E-state index in [-0.39, 0.29) is 11.9 Å². The van der Waals surface area contributed by atoms with E-state index in [1.807, 2.05) is 41.3 Å². The number of hydrogen-bond donors (Lipinski definition) is 1. The highest BCUT2D eigenvalue weighted by atomic mass is 35.5. The molecule has 1 amide bonds. The van der Waals surface area contributed by atoms with Crippen LogP contribution in [0.15, 0.2) is 42.5 Å². The molecule has 0 radical (unpaired) electrons. The molecule has 0 fully saturated rings. The smallest absolute Gasteiger partial charge is 0.224 e. The van der Waals surface area contributed by atoms with Crippen molar-refractivity contribution in [1.29, 1.82) is 0 Å². The summed E-state index contributed by atoms with van der Waals surface area (Å²) in [5.74, 6) is 0.817. The molecule has 0 bridgehead atoms. The number of nitrogens with one attached hydrogen (secondary N) is 1. The van der Waals surface area contributed by atoms with Gasteiger partial charge in [0.25, 0.3) is 0 Å². The molecule has 22 heavy (non-hydrogen) atoms. The first-order valence-electron chi connectivity index (χ1n) is 7.16. The second-order valence-electron chi connectivity index (χ2n) is 5.52. The van der Waals surface area contributed by atoms with Crippen LogP contribution in [-0.2, 0) is 11.2 Å². The second kappa shape index (κ2) is 4.85. The Morgan fingerprint density at radius 1 is 1.32 bits per heavy atom. The number of amides is 1. The van der Waals surface area contributed by atoms with E-state index in [4.69, 9.17) is 11.6 Å². The molecule has 2 heterocycles. The van der Waals surface area contributed by atoms with E-state index in [9.17, 15) is 4.79 Å². The van der Waals surface area contributed by atoms with Crippen molar-refractivity contribution in [2.75, 3.05) is 4.90 Å². The predicted octanol–water partition coefficient (Wildman–Crippen LogP) is 3.87. The van der Waals surface area contributed by atoms with Crippen molar-refractivity contribution in [2.45, 2.75) is 19.4 Å². The summed E-state index contributed by atoms with van der Waals surface area (Å²) in [4.78, 5) is 21.9. The van der Waals surface area contributed by atoms with Crippen molar-refractivity contribution in [3.8, 4) is 0 Å². The lowest BCUT2D eigenvalue weighted by atomic mass is 10.1. The van der Waals surface area contributed by atoms with Crippen LogP contribution in [0.4, 0.5) is 5.69 Å². The molecule has 3 aromatic rings. The SMILES string of the molecule is CC(=O)N1c2ccccc2CC1c1nc2ccc(Cl)cc2[nH]1. The summed E-state index contributed by atoms with van der Waals surface area (Å²) in [5.41, 5.74) is 3.89. The number of aromatic nitrogens is 2. The number of imidazole rings is 1. The Bertz CT molecular complexity index is 886. The fourth-order valence-corrected chi connectivity index (χ4v) is 3.33. The van der Waals surface area contributed by atoms with Crippen LogP contribution in [0.2, 0.25) is 5.02 Å². The van der Waals surface area contributed by atoms with Crippen LogP contribution in [0.1, 0.15) is 24.4 Å². The third-order valence-electron chi connectivity index (χ3n) is 4.09. The van der Waals surface area contributed by atoms with Gasteiger partial charge < -0.3 is 9.88 Å². The number of carbonyl (C=O) groups is 1. The maximum absolute atomic E-state index is 12.1. The summed E-state index contributed by atoms with van der Waals surface area (Å²) in [6.45, 7) is 1.59. The van der Waals surface area contributed by atoms with E-state index in [0.717, 1.165) is 29.0 Å². The summed E-state index contributed by atoms with van der Waals surface area (Å²) in [6.07, 6.45) is 0.767. The lowest BCUT2D eigenvalue weighted by Crippen LogP contribution is -2.30. The Morgan fingerprint density at radius 2 is 2.14 bits per heavy atom.